The Morgan fingerprint density at radius 3 is 2.46 bits per heavy atom. The Morgan fingerprint density at radius 2 is 1.77 bits per heavy atom. The predicted octanol–water partition coefficient (Wildman–Crippen LogP) is 4.89. The van der Waals surface area contributed by atoms with E-state index in [1.165, 1.54) is 12.1 Å². The summed E-state index contributed by atoms with van der Waals surface area (Å²) < 4.78 is 56.3. The van der Waals surface area contributed by atoms with Gasteiger partial charge in [-0.2, -0.15) is 0 Å². The highest BCUT2D eigenvalue weighted by molar-refractivity contribution is 6.02. The van der Waals surface area contributed by atoms with Crippen LogP contribution in [0.1, 0.15) is 43.3 Å². The van der Waals surface area contributed by atoms with Crippen molar-refractivity contribution in [2.24, 2.45) is 5.92 Å². The fourth-order valence-electron chi connectivity index (χ4n) is 3.99. The molecule has 12 nitrogen and oxygen atoms in total. The van der Waals surface area contributed by atoms with Gasteiger partial charge >= 0.3 is 23.8 Å². The summed E-state index contributed by atoms with van der Waals surface area (Å²) in [5.41, 5.74) is -1.18. The van der Waals surface area contributed by atoms with Gasteiger partial charge in [0.15, 0.2) is 11.6 Å². The normalized spacial score (nSPS) is 16.8. The van der Waals surface area contributed by atoms with Crippen molar-refractivity contribution in [2.75, 3.05) is 17.2 Å². The standard InChI is InChI=1S/C24H22F3N5O7/c1-2-37-23(34)12-3-5-13(6-4-12)38-14-7-8-18(20(9-14)32(35)36)28-21(33)22-30-31-24(39-22)29-19-11-16(26)15(25)10-17(19)27/h7-13H,2-6H2,1H3,(H,28,33)(H,29,31)/t12-,13+. The van der Waals surface area contributed by atoms with Crippen molar-refractivity contribution in [3.63, 3.8) is 0 Å². The summed E-state index contributed by atoms with van der Waals surface area (Å²) in [6.45, 7) is 2.05. The Morgan fingerprint density at radius 1 is 1.05 bits per heavy atom. The van der Waals surface area contributed by atoms with Crippen LogP contribution in [0.5, 0.6) is 5.75 Å². The maximum atomic E-state index is 13.8. The first-order chi connectivity index (χ1) is 18.6. The van der Waals surface area contributed by atoms with Gasteiger partial charge in [-0.3, -0.25) is 19.7 Å². The van der Waals surface area contributed by atoms with Crippen LogP contribution in [0.3, 0.4) is 0 Å². The third-order valence-electron chi connectivity index (χ3n) is 5.88. The second-order valence-electron chi connectivity index (χ2n) is 8.52. The lowest BCUT2D eigenvalue weighted by molar-refractivity contribution is -0.384. The van der Waals surface area contributed by atoms with E-state index in [0.29, 0.717) is 44.4 Å². The number of nitro groups is 1. The number of nitrogens with one attached hydrogen (secondary N) is 2. The molecule has 0 radical (unpaired) electrons. The SMILES string of the molecule is CCOC(=O)[C@H]1CC[C@@H](Oc2ccc(NC(=O)c3nnc(Nc4cc(F)c(F)cc4F)o3)c([N+](=O)[O-])c2)CC1. The highest BCUT2D eigenvalue weighted by Gasteiger charge is 2.29. The molecule has 1 aromatic heterocycles. The number of rotatable bonds is 9. The molecule has 1 amide bonds. The highest BCUT2D eigenvalue weighted by atomic mass is 19.2. The van der Waals surface area contributed by atoms with E-state index in [0.717, 1.165) is 6.07 Å². The molecular weight excluding hydrogens is 527 g/mol. The number of nitrogens with zero attached hydrogens (tertiary/aromatic N) is 3. The fourth-order valence-corrected chi connectivity index (χ4v) is 3.99. The van der Waals surface area contributed by atoms with Crippen LogP contribution in [0.25, 0.3) is 0 Å². The third kappa shape index (κ3) is 6.61. The molecule has 4 rings (SSSR count). The molecule has 0 aliphatic heterocycles. The van der Waals surface area contributed by atoms with Crippen molar-refractivity contribution in [2.45, 2.75) is 38.7 Å². The lowest BCUT2D eigenvalue weighted by Gasteiger charge is -2.27. The molecule has 0 unspecified atom stereocenters. The topological polar surface area (TPSA) is 159 Å². The van der Waals surface area contributed by atoms with E-state index in [4.69, 9.17) is 13.9 Å². The van der Waals surface area contributed by atoms with Gasteiger partial charge in [-0.05, 0) is 44.7 Å². The number of aromatic nitrogens is 2. The zero-order chi connectivity index (χ0) is 28.1. The average molecular weight is 549 g/mol. The van der Waals surface area contributed by atoms with Gasteiger partial charge in [0.1, 0.15) is 17.3 Å². The maximum Gasteiger partial charge on any atom is 0.320 e. The largest absolute Gasteiger partial charge is 0.490 e. The number of hydrogen-bond acceptors (Lipinski definition) is 10. The van der Waals surface area contributed by atoms with Crippen LogP contribution >= 0.6 is 0 Å². The molecular formula is C24H22F3N5O7. The fraction of sp³-hybridized carbons (Fsp3) is 0.333. The number of esters is 1. The zero-order valence-corrected chi connectivity index (χ0v) is 20.4. The summed E-state index contributed by atoms with van der Waals surface area (Å²) in [7, 11) is 0. The van der Waals surface area contributed by atoms with Crippen molar-refractivity contribution in [1.29, 1.82) is 0 Å². The molecule has 1 aliphatic rings. The quantitative estimate of drug-likeness (QED) is 0.163. The summed E-state index contributed by atoms with van der Waals surface area (Å²) in [4.78, 5) is 35.4. The van der Waals surface area contributed by atoms with Crippen LogP contribution in [0.2, 0.25) is 0 Å². The van der Waals surface area contributed by atoms with E-state index >= 15 is 0 Å². The lowest BCUT2D eigenvalue weighted by Crippen LogP contribution is -2.29. The van der Waals surface area contributed by atoms with E-state index in [1.807, 2.05) is 0 Å². The van der Waals surface area contributed by atoms with Crippen molar-refractivity contribution in [1.82, 2.24) is 10.2 Å². The summed E-state index contributed by atoms with van der Waals surface area (Å²) >= 11 is 0. The van der Waals surface area contributed by atoms with Crippen LogP contribution in [-0.4, -0.2) is 39.7 Å². The number of carbonyl (C=O) groups excluding carboxylic acids is 2. The summed E-state index contributed by atoms with van der Waals surface area (Å²) in [5.74, 6) is -5.78. The summed E-state index contributed by atoms with van der Waals surface area (Å²) in [5, 5.41) is 23.1. The number of benzene rings is 2. The highest BCUT2D eigenvalue weighted by Crippen LogP contribution is 2.33. The number of nitro benzene ring substituents is 1. The van der Waals surface area contributed by atoms with Gasteiger partial charge in [-0.1, -0.05) is 5.10 Å². The number of ether oxygens (including phenoxy) is 2. The second kappa shape index (κ2) is 11.8. The van der Waals surface area contributed by atoms with Gasteiger partial charge in [0.05, 0.1) is 35.3 Å². The van der Waals surface area contributed by atoms with E-state index < -0.39 is 51.6 Å². The van der Waals surface area contributed by atoms with Gasteiger partial charge in [-0.25, -0.2) is 13.2 Å². The van der Waals surface area contributed by atoms with E-state index in [2.05, 4.69) is 20.8 Å². The van der Waals surface area contributed by atoms with Gasteiger partial charge in [0.25, 0.3) is 5.69 Å². The smallest absolute Gasteiger partial charge is 0.320 e. The van der Waals surface area contributed by atoms with Crippen LogP contribution in [0.15, 0.2) is 34.7 Å². The number of halogens is 3. The first-order valence-corrected chi connectivity index (χ1v) is 11.8. The molecule has 39 heavy (non-hydrogen) atoms. The summed E-state index contributed by atoms with van der Waals surface area (Å²) in [6.07, 6.45) is 2.03. The third-order valence-corrected chi connectivity index (χ3v) is 5.88. The Bertz CT molecular complexity index is 1390. The molecule has 1 saturated carbocycles. The monoisotopic (exact) mass is 549 g/mol. The van der Waals surface area contributed by atoms with Crippen molar-refractivity contribution in [3.05, 3.63) is 63.8 Å². The Hall–Kier alpha value is -4.69. The van der Waals surface area contributed by atoms with Crippen LogP contribution in [-0.2, 0) is 9.53 Å². The Kier molecular flexibility index (Phi) is 8.27. The number of hydrogen-bond donors (Lipinski definition) is 2. The van der Waals surface area contributed by atoms with Crippen molar-refractivity contribution in [3.8, 4) is 5.75 Å². The zero-order valence-electron chi connectivity index (χ0n) is 20.4. The van der Waals surface area contributed by atoms with Crippen molar-refractivity contribution < 1.29 is 41.6 Å². The molecule has 0 spiro atoms. The van der Waals surface area contributed by atoms with Gasteiger partial charge in [-0.15, -0.1) is 5.10 Å². The molecule has 15 heteroatoms. The maximum absolute atomic E-state index is 13.8. The van der Waals surface area contributed by atoms with E-state index in [1.54, 1.807) is 6.92 Å². The first-order valence-electron chi connectivity index (χ1n) is 11.8. The van der Waals surface area contributed by atoms with Crippen molar-refractivity contribution >= 4 is 35.0 Å². The molecule has 0 saturated heterocycles. The minimum absolute atomic E-state index is 0.192. The number of amides is 1. The first kappa shape index (κ1) is 27.3. The molecule has 2 N–H and O–H groups in total. The Balaban J connectivity index is 1.40. The minimum Gasteiger partial charge on any atom is -0.490 e. The van der Waals surface area contributed by atoms with Gasteiger partial charge in [0, 0.05) is 12.1 Å². The predicted molar refractivity (Wildman–Crippen MR) is 128 cm³/mol. The van der Waals surface area contributed by atoms with E-state index in [9.17, 15) is 32.9 Å². The molecule has 2 aromatic carbocycles. The minimum atomic E-state index is -1.40. The molecule has 0 atom stereocenters. The number of anilines is 3. The van der Waals surface area contributed by atoms with Gasteiger partial charge in [0.2, 0.25) is 0 Å². The molecule has 206 valence electrons. The molecule has 3 aromatic rings. The molecule has 0 bridgehead atoms. The van der Waals surface area contributed by atoms with Crippen LogP contribution in [0, 0.1) is 33.5 Å². The molecule has 1 aliphatic carbocycles. The van der Waals surface area contributed by atoms with E-state index in [-0.39, 0.29) is 29.4 Å². The van der Waals surface area contributed by atoms with Gasteiger partial charge < -0.3 is 24.5 Å². The second-order valence-corrected chi connectivity index (χ2v) is 8.52. The van der Waals surface area contributed by atoms with Crippen LogP contribution in [0.4, 0.5) is 36.2 Å². The summed E-state index contributed by atoms with van der Waals surface area (Å²) in [6, 6.07) is 4.17. The lowest BCUT2D eigenvalue weighted by atomic mass is 9.87. The average Bonchev–Trinajstić information content (AvgIpc) is 3.37. The molecule has 1 heterocycles. The molecule has 1 fully saturated rings. The Labute approximate surface area is 218 Å². The number of carbonyl (C=O) groups is 2. The van der Waals surface area contributed by atoms with Crippen LogP contribution < -0.4 is 15.4 Å².